The summed E-state index contributed by atoms with van der Waals surface area (Å²) in [5.41, 5.74) is 0. The first-order chi connectivity index (χ1) is 7.55. The highest BCUT2D eigenvalue weighted by atomic mass is 14.1. The van der Waals surface area contributed by atoms with Crippen molar-refractivity contribution in [2.45, 2.75) is 68.2 Å². The zero-order valence-electron chi connectivity index (χ0n) is 12.9. The lowest BCUT2D eigenvalue weighted by molar-refractivity contribution is 0.367. The molecule has 0 aliphatic rings. The molecule has 0 fully saturated rings. The lowest BCUT2D eigenvalue weighted by Crippen LogP contribution is -2.04. The third-order valence-electron chi connectivity index (χ3n) is 2.93. The van der Waals surface area contributed by atoms with Crippen molar-refractivity contribution in [1.29, 1.82) is 0 Å². The van der Waals surface area contributed by atoms with Crippen molar-refractivity contribution in [1.82, 2.24) is 0 Å². The number of rotatable bonds is 3. The summed E-state index contributed by atoms with van der Waals surface area (Å²) in [6.07, 6.45) is 10.7. The van der Waals surface area contributed by atoms with Crippen LogP contribution in [-0.2, 0) is 0 Å². The van der Waals surface area contributed by atoms with Crippen LogP contribution < -0.4 is 0 Å². The molecular formula is C16H34. The Balaban J connectivity index is -0.000000179. The van der Waals surface area contributed by atoms with Gasteiger partial charge in [0.2, 0.25) is 0 Å². The predicted molar refractivity (Wildman–Crippen MR) is 79.9 cm³/mol. The van der Waals surface area contributed by atoms with Crippen molar-refractivity contribution in [2.24, 2.45) is 11.8 Å². The van der Waals surface area contributed by atoms with E-state index in [9.17, 15) is 0 Å². The molecule has 2 unspecified atom stereocenters. The van der Waals surface area contributed by atoms with E-state index in [2.05, 4.69) is 27.7 Å². The minimum atomic E-state index is 0.917. The van der Waals surface area contributed by atoms with Crippen LogP contribution in [0, 0.1) is 11.8 Å². The van der Waals surface area contributed by atoms with Gasteiger partial charge in [-0.25, -0.2) is 0 Å². The number of allylic oxidation sites excluding steroid dienone is 4. The van der Waals surface area contributed by atoms with Gasteiger partial charge in [-0.15, -0.1) is 0 Å². The van der Waals surface area contributed by atoms with E-state index < -0.39 is 0 Å². The van der Waals surface area contributed by atoms with Crippen molar-refractivity contribution in [2.75, 3.05) is 0 Å². The Kier molecular flexibility index (Phi) is 26.0. The molecule has 0 N–H and O–H groups in total. The SMILES string of the molecule is CC=CC.CC=CC.CCC(C)C(C)CC. The van der Waals surface area contributed by atoms with E-state index in [1.165, 1.54) is 12.8 Å². The minimum Gasteiger partial charge on any atom is -0.0919 e. The molecule has 0 bridgehead atoms. The monoisotopic (exact) mass is 226 g/mol. The average molecular weight is 226 g/mol. The zero-order chi connectivity index (χ0) is 13.4. The first-order valence-electron chi connectivity index (χ1n) is 6.69. The van der Waals surface area contributed by atoms with Crippen LogP contribution in [0.4, 0.5) is 0 Å². The Morgan fingerprint density at radius 2 is 0.812 bits per heavy atom. The van der Waals surface area contributed by atoms with E-state index in [1.807, 2.05) is 52.0 Å². The Morgan fingerprint density at radius 3 is 0.875 bits per heavy atom. The second-order valence-electron chi connectivity index (χ2n) is 4.10. The van der Waals surface area contributed by atoms with Crippen molar-refractivity contribution < 1.29 is 0 Å². The molecule has 2 atom stereocenters. The molecule has 0 saturated carbocycles. The van der Waals surface area contributed by atoms with Crippen LogP contribution in [0.5, 0.6) is 0 Å². The highest BCUT2D eigenvalue weighted by Crippen LogP contribution is 2.16. The van der Waals surface area contributed by atoms with Crippen LogP contribution in [0.25, 0.3) is 0 Å². The Bertz CT molecular complexity index is 116. The van der Waals surface area contributed by atoms with E-state index in [0.29, 0.717) is 0 Å². The fourth-order valence-corrected chi connectivity index (χ4v) is 0.805. The molecule has 0 aromatic rings. The molecule has 0 amide bonds. The summed E-state index contributed by atoms with van der Waals surface area (Å²) in [4.78, 5) is 0. The summed E-state index contributed by atoms with van der Waals surface area (Å²) in [6.45, 7) is 17.2. The maximum atomic E-state index is 2.33. The van der Waals surface area contributed by atoms with Gasteiger partial charge in [-0.2, -0.15) is 0 Å². The molecule has 0 aromatic carbocycles. The summed E-state index contributed by atoms with van der Waals surface area (Å²) in [5, 5.41) is 0. The van der Waals surface area contributed by atoms with E-state index >= 15 is 0 Å². The fourth-order valence-electron chi connectivity index (χ4n) is 0.805. The number of hydrogen-bond acceptors (Lipinski definition) is 0. The second kappa shape index (κ2) is 20.0. The molecular weight excluding hydrogens is 192 g/mol. The van der Waals surface area contributed by atoms with Gasteiger partial charge in [-0.3, -0.25) is 0 Å². The van der Waals surface area contributed by atoms with Gasteiger partial charge in [0.05, 0.1) is 0 Å². The van der Waals surface area contributed by atoms with Crippen molar-refractivity contribution in [3.63, 3.8) is 0 Å². The van der Waals surface area contributed by atoms with Gasteiger partial charge in [0.1, 0.15) is 0 Å². The quantitative estimate of drug-likeness (QED) is 0.499. The van der Waals surface area contributed by atoms with E-state index in [4.69, 9.17) is 0 Å². The molecule has 0 aliphatic carbocycles. The molecule has 16 heavy (non-hydrogen) atoms. The largest absolute Gasteiger partial charge is 0.0919 e. The van der Waals surface area contributed by atoms with Gasteiger partial charge in [0.25, 0.3) is 0 Å². The van der Waals surface area contributed by atoms with Crippen LogP contribution in [0.3, 0.4) is 0 Å². The first kappa shape index (κ1) is 20.8. The van der Waals surface area contributed by atoms with Gasteiger partial charge in [-0.1, -0.05) is 64.8 Å². The minimum absolute atomic E-state index is 0.917. The lowest BCUT2D eigenvalue weighted by Gasteiger charge is -2.14. The number of hydrogen-bond donors (Lipinski definition) is 0. The molecule has 0 heterocycles. The smallest absolute Gasteiger partial charge is 0.0420 e. The third kappa shape index (κ3) is 23.4. The van der Waals surface area contributed by atoms with E-state index in [-0.39, 0.29) is 0 Å². The van der Waals surface area contributed by atoms with Crippen LogP contribution in [0.1, 0.15) is 68.2 Å². The maximum absolute atomic E-state index is 2.33. The molecule has 0 rings (SSSR count). The predicted octanol–water partition coefficient (Wildman–Crippen LogP) is 6.24. The summed E-state index contributed by atoms with van der Waals surface area (Å²) in [6, 6.07) is 0. The lowest BCUT2D eigenvalue weighted by atomic mass is 9.92. The van der Waals surface area contributed by atoms with Crippen molar-refractivity contribution >= 4 is 0 Å². The van der Waals surface area contributed by atoms with Gasteiger partial charge in [0.15, 0.2) is 0 Å². The highest BCUT2D eigenvalue weighted by molar-refractivity contribution is 4.68. The maximum Gasteiger partial charge on any atom is -0.0420 e. The molecule has 0 saturated heterocycles. The Hall–Kier alpha value is -0.520. The molecule has 0 aliphatic heterocycles. The average Bonchev–Trinajstić information content (AvgIpc) is 2.37. The standard InChI is InChI=1S/C8H18.2C4H8/c1-5-7(3)8(4)6-2;2*1-3-4-2/h7-8H,5-6H2,1-4H3;2*3-4H,1-2H3. The molecule has 98 valence electrons. The van der Waals surface area contributed by atoms with Crippen molar-refractivity contribution in [3.8, 4) is 0 Å². The molecule has 0 radical (unpaired) electrons. The second-order valence-corrected chi connectivity index (χ2v) is 4.10. The van der Waals surface area contributed by atoms with Crippen LogP contribution in [-0.4, -0.2) is 0 Å². The molecule has 0 nitrogen and oxygen atoms in total. The van der Waals surface area contributed by atoms with Crippen LogP contribution >= 0.6 is 0 Å². The van der Waals surface area contributed by atoms with E-state index in [0.717, 1.165) is 11.8 Å². The van der Waals surface area contributed by atoms with Crippen LogP contribution in [0.15, 0.2) is 24.3 Å². The molecule has 0 spiro atoms. The van der Waals surface area contributed by atoms with Crippen LogP contribution in [0.2, 0.25) is 0 Å². The Labute approximate surface area is 105 Å². The summed E-state index contributed by atoms with van der Waals surface area (Å²) >= 11 is 0. The third-order valence-corrected chi connectivity index (χ3v) is 2.93. The summed E-state index contributed by atoms with van der Waals surface area (Å²) in [5.74, 6) is 1.83. The molecule has 0 heteroatoms. The zero-order valence-corrected chi connectivity index (χ0v) is 12.9. The van der Waals surface area contributed by atoms with Gasteiger partial charge in [0, 0.05) is 0 Å². The van der Waals surface area contributed by atoms with Gasteiger partial charge < -0.3 is 0 Å². The van der Waals surface area contributed by atoms with Gasteiger partial charge in [-0.05, 0) is 39.5 Å². The topological polar surface area (TPSA) is 0 Å². The normalized spacial score (nSPS) is 13.8. The fraction of sp³-hybridized carbons (Fsp3) is 0.750. The molecule has 0 aromatic heterocycles. The Morgan fingerprint density at radius 1 is 0.625 bits per heavy atom. The summed E-state index contributed by atoms with van der Waals surface area (Å²) < 4.78 is 0. The van der Waals surface area contributed by atoms with E-state index in [1.54, 1.807) is 0 Å². The van der Waals surface area contributed by atoms with Crippen molar-refractivity contribution in [3.05, 3.63) is 24.3 Å². The summed E-state index contributed by atoms with van der Waals surface area (Å²) in [7, 11) is 0. The first-order valence-corrected chi connectivity index (χ1v) is 6.69. The highest BCUT2D eigenvalue weighted by Gasteiger charge is 2.05. The van der Waals surface area contributed by atoms with Gasteiger partial charge >= 0.3 is 0 Å².